The second-order valence-electron chi connectivity index (χ2n) is 5.27. The van der Waals surface area contributed by atoms with Gasteiger partial charge in [0.1, 0.15) is 0 Å². The SMILES string of the molecule is OB(O)c1cc2ccccc2c2ccc3ccccc3c12. The average molecular weight is 272 g/mol. The summed E-state index contributed by atoms with van der Waals surface area (Å²) >= 11 is 0. The summed E-state index contributed by atoms with van der Waals surface area (Å²) in [5.41, 5.74) is 0.556. The standard InChI is InChI=1S/C18H13BO2/c20-19(21)17-11-13-6-2-3-7-14(13)16-10-9-12-5-1-4-8-15(12)18(16)17/h1-11,20-21H. The molecular formula is C18H13BO2. The molecule has 2 N–H and O–H groups in total. The molecule has 0 unspecified atom stereocenters. The van der Waals surface area contributed by atoms with Crippen molar-refractivity contribution in [1.82, 2.24) is 0 Å². The number of rotatable bonds is 1. The Balaban J connectivity index is 2.33. The van der Waals surface area contributed by atoms with Gasteiger partial charge in [0.25, 0.3) is 0 Å². The van der Waals surface area contributed by atoms with Crippen LogP contribution in [0.1, 0.15) is 0 Å². The highest BCUT2D eigenvalue weighted by atomic mass is 16.4. The molecule has 4 aromatic rings. The van der Waals surface area contributed by atoms with Crippen LogP contribution in [0, 0.1) is 0 Å². The molecule has 0 spiro atoms. The highest BCUT2D eigenvalue weighted by Crippen LogP contribution is 2.30. The van der Waals surface area contributed by atoms with E-state index in [0.717, 1.165) is 32.3 Å². The van der Waals surface area contributed by atoms with Gasteiger partial charge in [0.15, 0.2) is 0 Å². The first-order chi connectivity index (χ1) is 10.3. The summed E-state index contributed by atoms with van der Waals surface area (Å²) in [6, 6.07) is 22.1. The lowest BCUT2D eigenvalue weighted by atomic mass is 9.74. The third-order valence-electron chi connectivity index (χ3n) is 4.06. The van der Waals surface area contributed by atoms with E-state index in [4.69, 9.17) is 0 Å². The lowest BCUT2D eigenvalue weighted by molar-refractivity contribution is 0.426. The first kappa shape index (κ1) is 12.4. The number of fused-ring (bicyclic) bond motifs is 5. The van der Waals surface area contributed by atoms with Crippen molar-refractivity contribution in [1.29, 1.82) is 0 Å². The molecule has 3 heteroatoms. The van der Waals surface area contributed by atoms with Crippen molar-refractivity contribution in [2.75, 3.05) is 0 Å². The van der Waals surface area contributed by atoms with Crippen LogP contribution in [0.4, 0.5) is 0 Å². The summed E-state index contributed by atoms with van der Waals surface area (Å²) < 4.78 is 0. The molecule has 4 rings (SSSR count). The van der Waals surface area contributed by atoms with E-state index in [0.29, 0.717) is 5.46 Å². The third kappa shape index (κ3) is 1.83. The van der Waals surface area contributed by atoms with Crippen LogP contribution in [0.2, 0.25) is 0 Å². The van der Waals surface area contributed by atoms with E-state index >= 15 is 0 Å². The Kier molecular flexibility index (Phi) is 2.71. The molecule has 0 aliphatic carbocycles. The van der Waals surface area contributed by atoms with Crippen LogP contribution < -0.4 is 5.46 Å². The van der Waals surface area contributed by atoms with E-state index in [2.05, 4.69) is 18.2 Å². The topological polar surface area (TPSA) is 40.5 Å². The molecule has 0 aromatic heterocycles. The summed E-state index contributed by atoms with van der Waals surface area (Å²) in [5, 5.41) is 25.9. The first-order valence-electron chi connectivity index (χ1n) is 6.95. The number of hydrogen-bond donors (Lipinski definition) is 2. The predicted octanol–water partition coefficient (Wildman–Crippen LogP) is 2.83. The van der Waals surface area contributed by atoms with E-state index in [9.17, 15) is 10.0 Å². The van der Waals surface area contributed by atoms with Crippen molar-refractivity contribution >= 4 is 44.9 Å². The predicted molar refractivity (Wildman–Crippen MR) is 88.8 cm³/mol. The minimum Gasteiger partial charge on any atom is -0.423 e. The molecule has 0 atom stereocenters. The van der Waals surface area contributed by atoms with Crippen LogP contribution in [0.3, 0.4) is 0 Å². The highest BCUT2D eigenvalue weighted by Gasteiger charge is 2.18. The normalized spacial score (nSPS) is 11.3. The Morgan fingerprint density at radius 3 is 2.05 bits per heavy atom. The molecule has 0 aliphatic heterocycles. The van der Waals surface area contributed by atoms with Gasteiger partial charge in [-0.05, 0) is 37.8 Å². The van der Waals surface area contributed by atoms with E-state index in [1.54, 1.807) is 0 Å². The van der Waals surface area contributed by atoms with Gasteiger partial charge in [-0.15, -0.1) is 0 Å². The van der Waals surface area contributed by atoms with Crippen molar-refractivity contribution in [3.05, 3.63) is 66.7 Å². The molecular weight excluding hydrogens is 259 g/mol. The zero-order valence-electron chi connectivity index (χ0n) is 11.3. The number of benzene rings is 4. The summed E-state index contributed by atoms with van der Waals surface area (Å²) in [6.45, 7) is 0. The maximum atomic E-state index is 9.80. The van der Waals surface area contributed by atoms with Crippen LogP contribution in [-0.2, 0) is 0 Å². The van der Waals surface area contributed by atoms with E-state index in [1.807, 2.05) is 48.5 Å². The van der Waals surface area contributed by atoms with Gasteiger partial charge in [-0.1, -0.05) is 66.7 Å². The summed E-state index contributed by atoms with van der Waals surface area (Å²) in [6.07, 6.45) is 0. The van der Waals surface area contributed by atoms with Crippen molar-refractivity contribution in [3.8, 4) is 0 Å². The summed E-state index contributed by atoms with van der Waals surface area (Å²) in [5.74, 6) is 0. The van der Waals surface area contributed by atoms with Crippen LogP contribution in [-0.4, -0.2) is 17.2 Å². The molecule has 0 saturated heterocycles. The molecule has 0 bridgehead atoms. The van der Waals surface area contributed by atoms with Gasteiger partial charge in [0.05, 0.1) is 0 Å². The van der Waals surface area contributed by atoms with Crippen LogP contribution in [0.5, 0.6) is 0 Å². The largest absolute Gasteiger partial charge is 0.489 e. The van der Waals surface area contributed by atoms with Gasteiger partial charge in [0, 0.05) is 0 Å². The minimum atomic E-state index is -1.48. The average Bonchev–Trinajstić information content (AvgIpc) is 2.53. The Morgan fingerprint density at radius 1 is 0.619 bits per heavy atom. The Labute approximate surface area is 122 Å². The van der Waals surface area contributed by atoms with E-state index in [1.165, 1.54) is 0 Å². The first-order valence-corrected chi connectivity index (χ1v) is 6.95. The minimum absolute atomic E-state index is 0.556. The van der Waals surface area contributed by atoms with Gasteiger partial charge in [-0.2, -0.15) is 0 Å². The molecule has 0 amide bonds. The number of hydrogen-bond acceptors (Lipinski definition) is 2. The Bertz CT molecular complexity index is 976. The lowest BCUT2D eigenvalue weighted by Gasteiger charge is -2.12. The smallest absolute Gasteiger partial charge is 0.423 e. The summed E-state index contributed by atoms with van der Waals surface area (Å²) in [7, 11) is -1.48. The Morgan fingerprint density at radius 2 is 1.29 bits per heavy atom. The second kappa shape index (κ2) is 4.59. The van der Waals surface area contributed by atoms with Crippen molar-refractivity contribution in [2.24, 2.45) is 0 Å². The quantitative estimate of drug-likeness (QED) is 0.413. The molecule has 21 heavy (non-hydrogen) atoms. The van der Waals surface area contributed by atoms with E-state index < -0.39 is 7.12 Å². The Hall–Kier alpha value is -2.36. The van der Waals surface area contributed by atoms with Crippen molar-refractivity contribution in [2.45, 2.75) is 0 Å². The molecule has 0 fully saturated rings. The zero-order valence-corrected chi connectivity index (χ0v) is 11.3. The molecule has 0 saturated carbocycles. The molecule has 2 nitrogen and oxygen atoms in total. The van der Waals surface area contributed by atoms with Gasteiger partial charge >= 0.3 is 7.12 Å². The maximum absolute atomic E-state index is 9.80. The highest BCUT2D eigenvalue weighted by molar-refractivity contribution is 6.63. The second-order valence-corrected chi connectivity index (χ2v) is 5.27. The molecule has 0 heterocycles. The van der Waals surface area contributed by atoms with Gasteiger partial charge in [0.2, 0.25) is 0 Å². The summed E-state index contributed by atoms with van der Waals surface area (Å²) in [4.78, 5) is 0. The monoisotopic (exact) mass is 272 g/mol. The fourth-order valence-electron chi connectivity index (χ4n) is 3.12. The third-order valence-corrected chi connectivity index (χ3v) is 4.06. The maximum Gasteiger partial charge on any atom is 0.489 e. The van der Waals surface area contributed by atoms with Crippen molar-refractivity contribution in [3.63, 3.8) is 0 Å². The lowest BCUT2D eigenvalue weighted by Crippen LogP contribution is -2.30. The van der Waals surface area contributed by atoms with Gasteiger partial charge in [-0.25, -0.2) is 0 Å². The van der Waals surface area contributed by atoms with Gasteiger partial charge in [-0.3, -0.25) is 0 Å². The molecule has 0 radical (unpaired) electrons. The molecule has 100 valence electrons. The molecule has 0 aliphatic rings. The van der Waals surface area contributed by atoms with Crippen LogP contribution in [0.15, 0.2) is 66.7 Å². The van der Waals surface area contributed by atoms with Crippen LogP contribution in [0.25, 0.3) is 32.3 Å². The molecule has 4 aromatic carbocycles. The van der Waals surface area contributed by atoms with Crippen LogP contribution >= 0.6 is 0 Å². The fourth-order valence-corrected chi connectivity index (χ4v) is 3.12. The zero-order chi connectivity index (χ0) is 14.4. The van der Waals surface area contributed by atoms with E-state index in [-0.39, 0.29) is 0 Å². The van der Waals surface area contributed by atoms with Crippen molar-refractivity contribution < 1.29 is 10.0 Å². The fraction of sp³-hybridized carbons (Fsp3) is 0. The van der Waals surface area contributed by atoms with Gasteiger partial charge < -0.3 is 10.0 Å².